The summed E-state index contributed by atoms with van der Waals surface area (Å²) in [6, 6.07) is 15.2. The Morgan fingerprint density at radius 3 is 2.70 bits per heavy atom. The van der Waals surface area contributed by atoms with Crippen molar-refractivity contribution in [3.05, 3.63) is 66.1 Å². The Kier molecular flexibility index (Phi) is 6.10. The van der Waals surface area contributed by atoms with E-state index in [4.69, 9.17) is 13.9 Å². The summed E-state index contributed by atoms with van der Waals surface area (Å²) in [6.45, 7) is 2.88. The van der Waals surface area contributed by atoms with Gasteiger partial charge in [-0.3, -0.25) is 4.79 Å². The van der Waals surface area contributed by atoms with Crippen molar-refractivity contribution >= 4 is 5.91 Å². The number of methoxy groups -OCH3 is 1. The van der Waals surface area contributed by atoms with E-state index in [2.05, 4.69) is 10.3 Å². The lowest BCUT2D eigenvalue weighted by atomic mass is 10.2. The van der Waals surface area contributed by atoms with E-state index in [0.717, 1.165) is 11.1 Å². The molecule has 0 bridgehead atoms. The topological polar surface area (TPSA) is 73.6 Å². The molecule has 0 fully saturated rings. The molecule has 1 aromatic heterocycles. The lowest BCUT2D eigenvalue weighted by molar-refractivity contribution is -0.120. The second kappa shape index (κ2) is 8.89. The number of carbonyl (C=O) groups is 1. The highest BCUT2D eigenvalue weighted by molar-refractivity contribution is 5.78. The molecule has 6 nitrogen and oxygen atoms in total. The molecule has 6 heteroatoms. The molecule has 0 spiro atoms. The molecule has 0 radical (unpaired) electrons. The molecule has 1 N–H and O–H groups in total. The van der Waals surface area contributed by atoms with E-state index in [1.807, 2.05) is 55.5 Å². The Hall–Kier alpha value is -3.28. The van der Waals surface area contributed by atoms with E-state index in [1.54, 1.807) is 7.11 Å². The van der Waals surface area contributed by atoms with Crippen LogP contribution in [0.2, 0.25) is 0 Å². The van der Waals surface area contributed by atoms with Crippen LogP contribution in [0.15, 0.2) is 59.2 Å². The zero-order valence-corrected chi connectivity index (χ0v) is 15.4. The van der Waals surface area contributed by atoms with Gasteiger partial charge in [-0.1, -0.05) is 24.3 Å². The number of carbonyl (C=O) groups excluding carboxylic acids is 1. The highest BCUT2D eigenvalue weighted by Gasteiger charge is 2.11. The molecule has 0 aliphatic carbocycles. The van der Waals surface area contributed by atoms with E-state index < -0.39 is 0 Å². The first kappa shape index (κ1) is 18.5. The Morgan fingerprint density at radius 1 is 1.15 bits per heavy atom. The van der Waals surface area contributed by atoms with E-state index in [1.165, 1.54) is 6.26 Å². The number of benzene rings is 2. The highest BCUT2D eigenvalue weighted by Crippen LogP contribution is 2.28. The van der Waals surface area contributed by atoms with Crippen molar-refractivity contribution in [2.45, 2.75) is 19.9 Å². The molecular formula is C21H22N2O4. The minimum atomic E-state index is -0.129. The van der Waals surface area contributed by atoms with Crippen molar-refractivity contribution in [2.24, 2.45) is 0 Å². The van der Waals surface area contributed by atoms with E-state index in [0.29, 0.717) is 36.2 Å². The number of aromatic nitrogens is 1. The van der Waals surface area contributed by atoms with Crippen molar-refractivity contribution in [1.29, 1.82) is 0 Å². The fraction of sp³-hybridized carbons (Fsp3) is 0.238. The summed E-state index contributed by atoms with van der Waals surface area (Å²) in [5.74, 6) is 1.71. The number of amides is 1. The van der Waals surface area contributed by atoms with Gasteiger partial charge in [0.05, 0.1) is 25.8 Å². The van der Waals surface area contributed by atoms with Crippen molar-refractivity contribution in [3.63, 3.8) is 0 Å². The van der Waals surface area contributed by atoms with Gasteiger partial charge in [-0.15, -0.1) is 0 Å². The maximum Gasteiger partial charge on any atom is 0.226 e. The third-order valence-corrected chi connectivity index (χ3v) is 3.93. The van der Waals surface area contributed by atoms with Gasteiger partial charge in [0.25, 0.3) is 0 Å². The Balaban J connectivity index is 1.56. The summed E-state index contributed by atoms with van der Waals surface area (Å²) in [6.07, 6.45) is 1.67. The first-order valence-corrected chi connectivity index (χ1v) is 8.76. The standard InChI is InChI=1S/C21H22N2O4/c1-3-26-18-10-9-15(11-19(18)25-2)13-22-20(24)12-17-14-27-21(23-17)16-7-5-4-6-8-16/h4-11,14H,3,12-13H2,1-2H3,(H,22,24). The van der Waals surface area contributed by atoms with Gasteiger partial charge < -0.3 is 19.2 Å². The number of nitrogens with zero attached hydrogens (tertiary/aromatic N) is 1. The second-order valence-corrected chi connectivity index (χ2v) is 5.88. The molecule has 1 heterocycles. The van der Waals surface area contributed by atoms with Gasteiger partial charge in [-0.2, -0.15) is 0 Å². The quantitative estimate of drug-likeness (QED) is 0.659. The molecule has 0 saturated carbocycles. The van der Waals surface area contributed by atoms with Crippen LogP contribution in [0.3, 0.4) is 0 Å². The van der Waals surface area contributed by atoms with Gasteiger partial charge in [0, 0.05) is 12.1 Å². The first-order chi connectivity index (χ1) is 13.2. The molecule has 140 valence electrons. The SMILES string of the molecule is CCOc1ccc(CNC(=O)Cc2coc(-c3ccccc3)n2)cc1OC. The maximum atomic E-state index is 12.2. The number of ether oxygens (including phenoxy) is 2. The fourth-order valence-corrected chi connectivity index (χ4v) is 2.63. The number of rotatable bonds is 8. The van der Waals surface area contributed by atoms with Gasteiger partial charge in [0.1, 0.15) is 6.26 Å². The van der Waals surface area contributed by atoms with E-state index >= 15 is 0 Å². The summed E-state index contributed by atoms with van der Waals surface area (Å²) in [5, 5.41) is 2.88. The van der Waals surface area contributed by atoms with Crippen molar-refractivity contribution < 1.29 is 18.7 Å². The van der Waals surface area contributed by atoms with Gasteiger partial charge in [-0.25, -0.2) is 4.98 Å². The molecule has 2 aromatic carbocycles. The van der Waals surface area contributed by atoms with Gasteiger partial charge >= 0.3 is 0 Å². The van der Waals surface area contributed by atoms with E-state index in [-0.39, 0.29) is 12.3 Å². The van der Waals surface area contributed by atoms with Crippen LogP contribution in [0.5, 0.6) is 11.5 Å². The zero-order valence-electron chi connectivity index (χ0n) is 15.4. The summed E-state index contributed by atoms with van der Waals surface area (Å²) < 4.78 is 16.3. The average molecular weight is 366 g/mol. The largest absolute Gasteiger partial charge is 0.493 e. The number of hydrogen-bond donors (Lipinski definition) is 1. The van der Waals surface area contributed by atoms with Gasteiger partial charge in [-0.05, 0) is 36.8 Å². The van der Waals surface area contributed by atoms with Crippen molar-refractivity contribution in [2.75, 3.05) is 13.7 Å². The smallest absolute Gasteiger partial charge is 0.226 e. The fourth-order valence-electron chi connectivity index (χ4n) is 2.63. The second-order valence-electron chi connectivity index (χ2n) is 5.88. The number of nitrogens with one attached hydrogen (secondary N) is 1. The molecule has 0 aliphatic heterocycles. The Labute approximate surface area is 158 Å². The third-order valence-electron chi connectivity index (χ3n) is 3.93. The average Bonchev–Trinajstić information content (AvgIpc) is 3.16. The summed E-state index contributed by atoms with van der Waals surface area (Å²) in [7, 11) is 1.59. The molecule has 1 amide bonds. The first-order valence-electron chi connectivity index (χ1n) is 8.76. The van der Waals surface area contributed by atoms with Crippen molar-refractivity contribution in [1.82, 2.24) is 10.3 Å². The zero-order chi connectivity index (χ0) is 19.1. The maximum absolute atomic E-state index is 12.2. The van der Waals surface area contributed by atoms with Crippen LogP contribution in [-0.2, 0) is 17.8 Å². The molecule has 0 aliphatic rings. The monoisotopic (exact) mass is 366 g/mol. The van der Waals surface area contributed by atoms with Crippen LogP contribution < -0.4 is 14.8 Å². The minimum Gasteiger partial charge on any atom is -0.493 e. The number of oxazole rings is 1. The lowest BCUT2D eigenvalue weighted by Gasteiger charge is -2.11. The molecule has 0 atom stereocenters. The predicted molar refractivity (Wildman–Crippen MR) is 102 cm³/mol. The molecule has 3 rings (SSSR count). The van der Waals surface area contributed by atoms with Crippen LogP contribution in [-0.4, -0.2) is 24.6 Å². The van der Waals surface area contributed by atoms with E-state index in [9.17, 15) is 4.79 Å². The molecular weight excluding hydrogens is 344 g/mol. The van der Waals surface area contributed by atoms with Gasteiger partial charge in [0.2, 0.25) is 11.8 Å². The summed E-state index contributed by atoms with van der Waals surface area (Å²) in [5.41, 5.74) is 2.40. The number of hydrogen-bond acceptors (Lipinski definition) is 5. The third kappa shape index (κ3) is 4.88. The van der Waals surface area contributed by atoms with Crippen molar-refractivity contribution in [3.8, 4) is 23.0 Å². The van der Waals surface area contributed by atoms with Crippen LogP contribution in [0.4, 0.5) is 0 Å². The summed E-state index contributed by atoms with van der Waals surface area (Å²) >= 11 is 0. The summed E-state index contributed by atoms with van der Waals surface area (Å²) in [4.78, 5) is 16.6. The predicted octanol–water partition coefficient (Wildman–Crippen LogP) is 3.61. The highest BCUT2D eigenvalue weighted by atomic mass is 16.5. The Bertz CT molecular complexity index is 890. The minimum absolute atomic E-state index is 0.129. The molecule has 0 saturated heterocycles. The molecule has 0 unspecified atom stereocenters. The van der Waals surface area contributed by atoms with Crippen LogP contribution in [0.1, 0.15) is 18.2 Å². The molecule has 27 heavy (non-hydrogen) atoms. The van der Waals surface area contributed by atoms with Gasteiger partial charge in [0.15, 0.2) is 11.5 Å². The molecule has 3 aromatic rings. The Morgan fingerprint density at radius 2 is 1.96 bits per heavy atom. The van der Waals surface area contributed by atoms with Crippen LogP contribution in [0.25, 0.3) is 11.5 Å². The normalized spacial score (nSPS) is 10.4. The van der Waals surface area contributed by atoms with Crippen LogP contribution in [0, 0.1) is 0 Å². The van der Waals surface area contributed by atoms with Crippen LogP contribution >= 0.6 is 0 Å². The lowest BCUT2D eigenvalue weighted by Crippen LogP contribution is -2.24.